The lowest BCUT2D eigenvalue weighted by atomic mass is 9.94. The van der Waals surface area contributed by atoms with Crippen molar-refractivity contribution in [3.05, 3.63) is 23.2 Å². The standard InChI is InChI=1S/C22H32ClN3O3/c1-3-18-6-4-5-11-26(18)22(29)15(2)25-12-9-16(10-13-25)21(28)24-19-14-17(23)7-8-20(19)27/h7-8,14-16,18,27H,3-6,9-13H2,1-2H3,(H,24,28). The Bertz CT molecular complexity index is 734. The Hall–Kier alpha value is -1.79. The molecule has 0 saturated carbocycles. The van der Waals surface area contributed by atoms with Crippen LogP contribution in [-0.4, -0.2) is 58.4 Å². The molecule has 0 spiro atoms. The first-order valence-corrected chi connectivity index (χ1v) is 11.1. The lowest BCUT2D eigenvalue weighted by Gasteiger charge is -2.41. The molecule has 0 bridgehead atoms. The summed E-state index contributed by atoms with van der Waals surface area (Å²) in [6.45, 7) is 6.45. The molecule has 29 heavy (non-hydrogen) atoms. The number of nitrogens with zero attached hydrogens (tertiary/aromatic N) is 2. The van der Waals surface area contributed by atoms with Crippen molar-refractivity contribution in [1.82, 2.24) is 9.80 Å². The molecule has 2 aliphatic rings. The van der Waals surface area contributed by atoms with Crippen molar-refractivity contribution in [2.75, 3.05) is 25.0 Å². The fourth-order valence-electron chi connectivity index (χ4n) is 4.50. The van der Waals surface area contributed by atoms with Crippen LogP contribution in [0.5, 0.6) is 5.75 Å². The average Bonchev–Trinajstić information content (AvgIpc) is 2.75. The predicted octanol–water partition coefficient (Wildman–Crippen LogP) is 3.88. The summed E-state index contributed by atoms with van der Waals surface area (Å²) in [5.41, 5.74) is 0.337. The third-order valence-electron chi connectivity index (χ3n) is 6.40. The smallest absolute Gasteiger partial charge is 0.239 e. The lowest BCUT2D eigenvalue weighted by Crippen LogP contribution is -2.54. The Morgan fingerprint density at radius 3 is 2.62 bits per heavy atom. The molecule has 0 aliphatic carbocycles. The molecule has 0 aromatic heterocycles. The normalized spacial score (nSPS) is 22.3. The number of amides is 2. The number of rotatable bonds is 5. The molecule has 2 aliphatic heterocycles. The van der Waals surface area contributed by atoms with Crippen LogP contribution in [0.15, 0.2) is 18.2 Å². The summed E-state index contributed by atoms with van der Waals surface area (Å²) in [5, 5.41) is 13.1. The molecule has 2 amide bonds. The second kappa shape index (κ2) is 9.81. The van der Waals surface area contributed by atoms with Crippen molar-refractivity contribution in [3.8, 4) is 5.75 Å². The van der Waals surface area contributed by atoms with Gasteiger partial charge in [0.15, 0.2) is 0 Å². The van der Waals surface area contributed by atoms with Gasteiger partial charge < -0.3 is 15.3 Å². The van der Waals surface area contributed by atoms with Crippen LogP contribution in [0.1, 0.15) is 52.4 Å². The Balaban J connectivity index is 1.53. The number of hydrogen-bond donors (Lipinski definition) is 2. The highest BCUT2D eigenvalue weighted by atomic mass is 35.5. The van der Waals surface area contributed by atoms with Crippen LogP contribution in [0, 0.1) is 5.92 Å². The van der Waals surface area contributed by atoms with E-state index in [1.54, 1.807) is 12.1 Å². The van der Waals surface area contributed by atoms with E-state index in [0.29, 0.717) is 29.6 Å². The number of halogens is 1. The molecule has 2 fully saturated rings. The zero-order chi connectivity index (χ0) is 21.0. The maximum Gasteiger partial charge on any atom is 0.239 e. The second-order valence-electron chi connectivity index (χ2n) is 8.23. The van der Waals surface area contributed by atoms with Gasteiger partial charge in [0.25, 0.3) is 0 Å². The molecule has 2 heterocycles. The van der Waals surface area contributed by atoms with Gasteiger partial charge >= 0.3 is 0 Å². The summed E-state index contributed by atoms with van der Waals surface area (Å²) in [6.07, 6.45) is 5.81. The molecule has 160 valence electrons. The largest absolute Gasteiger partial charge is 0.506 e. The number of anilines is 1. The van der Waals surface area contributed by atoms with Gasteiger partial charge in [-0.2, -0.15) is 0 Å². The number of likely N-dealkylation sites (tertiary alicyclic amines) is 2. The van der Waals surface area contributed by atoms with E-state index in [4.69, 9.17) is 11.6 Å². The first-order valence-electron chi connectivity index (χ1n) is 10.7. The third-order valence-corrected chi connectivity index (χ3v) is 6.64. The van der Waals surface area contributed by atoms with Crippen LogP contribution in [0.25, 0.3) is 0 Å². The van der Waals surface area contributed by atoms with Gasteiger partial charge in [0.2, 0.25) is 11.8 Å². The van der Waals surface area contributed by atoms with E-state index < -0.39 is 0 Å². The van der Waals surface area contributed by atoms with E-state index >= 15 is 0 Å². The molecule has 2 unspecified atom stereocenters. The van der Waals surface area contributed by atoms with Crippen molar-refractivity contribution in [3.63, 3.8) is 0 Å². The summed E-state index contributed by atoms with van der Waals surface area (Å²) >= 11 is 5.95. The number of aromatic hydroxyl groups is 1. The fraction of sp³-hybridized carbons (Fsp3) is 0.636. The molecule has 7 heteroatoms. The Labute approximate surface area is 178 Å². The van der Waals surface area contributed by atoms with Crippen molar-refractivity contribution < 1.29 is 14.7 Å². The van der Waals surface area contributed by atoms with Crippen molar-refractivity contribution >= 4 is 29.1 Å². The number of hydrogen-bond acceptors (Lipinski definition) is 4. The van der Waals surface area contributed by atoms with E-state index in [0.717, 1.165) is 38.9 Å². The molecule has 1 aromatic carbocycles. The first kappa shape index (κ1) is 21.9. The number of phenols is 1. The van der Waals surface area contributed by atoms with E-state index in [1.807, 2.05) is 6.92 Å². The summed E-state index contributed by atoms with van der Waals surface area (Å²) in [7, 11) is 0. The lowest BCUT2D eigenvalue weighted by molar-refractivity contribution is -0.141. The Morgan fingerprint density at radius 2 is 1.93 bits per heavy atom. The minimum Gasteiger partial charge on any atom is -0.506 e. The maximum atomic E-state index is 13.1. The number of nitrogens with one attached hydrogen (secondary N) is 1. The minimum absolute atomic E-state index is 0.00594. The predicted molar refractivity (Wildman–Crippen MR) is 115 cm³/mol. The van der Waals surface area contributed by atoms with Crippen LogP contribution in [0.3, 0.4) is 0 Å². The molecular formula is C22H32ClN3O3. The molecule has 2 saturated heterocycles. The summed E-state index contributed by atoms with van der Waals surface area (Å²) < 4.78 is 0. The monoisotopic (exact) mass is 421 g/mol. The number of phenolic OH excluding ortho intramolecular Hbond substituents is 1. The van der Waals surface area contributed by atoms with Gasteiger partial charge in [0.05, 0.1) is 11.7 Å². The quantitative estimate of drug-likeness (QED) is 0.707. The van der Waals surface area contributed by atoms with Gasteiger partial charge in [-0.3, -0.25) is 14.5 Å². The molecule has 2 atom stereocenters. The number of benzene rings is 1. The average molecular weight is 422 g/mol. The minimum atomic E-state index is -0.150. The molecular weight excluding hydrogens is 390 g/mol. The summed E-state index contributed by atoms with van der Waals surface area (Å²) in [5.74, 6) is -0.0108. The van der Waals surface area contributed by atoms with Crippen LogP contribution in [0.2, 0.25) is 5.02 Å². The zero-order valence-corrected chi connectivity index (χ0v) is 18.1. The van der Waals surface area contributed by atoms with Crippen LogP contribution < -0.4 is 5.32 Å². The van der Waals surface area contributed by atoms with E-state index in [-0.39, 0.29) is 29.5 Å². The van der Waals surface area contributed by atoms with Gasteiger partial charge in [0, 0.05) is 23.5 Å². The maximum absolute atomic E-state index is 13.1. The number of carbonyl (C=O) groups excluding carboxylic acids is 2. The van der Waals surface area contributed by atoms with Gasteiger partial charge in [-0.25, -0.2) is 0 Å². The molecule has 1 aromatic rings. The Morgan fingerprint density at radius 1 is 1.21 bits per heavy atom. The number of piperidine rings is 2. The van der Waals surface area contributed by atoms with E-state index in [1.165, 1.54) is 12.5 Å². The van der Waals surface area contributed by atoms with E-state index in [2.05, 4.69) is 22.0 Å². The second-order valence-corrected chi connectivity index (χ2v) is 8.66. The van der Waals surface area contributed by atoms with E-state index in [9.17, 15) is 14.7 Å². The van der Waals surface area contributed by atoms with Crippen molar-refractivity contribution in [2.24, 2.45) is 5.92 Å². The van der Waals surface area contributed by atoms with Crippen LogP contribution in [-0.2, 0) is 9.59 Å². The Kier molecular flexibility index (Phi) is 7.41. The topological polar surface area (TPSA) is 72.9 Å². The number of carbonyl (C=O) groups is 2. The van der Waals surface area contributed by atoms with Crippen molar-refractivity contribution in [2.45, 2.75) is 64.5 Å². The summed E-state index contributed by atoms with van der Waals surface area (Å²) in [6, 6.07) is 4.82. The fourth-order valence-corrected chi connectivity index (χ4v) is 4.68. The van der Waals surface area contributed by atoms with Crippen LogP contribution >= 0.6 is 11.6 Å². The molecule has 0 radical (unpaired) electrons. The van der Waals surface area contributed by atoms with Crippen LogP contribution in [0.4, 0.5) is 5.69 Å². The van der Waals surface area contributed by atoms with Gasteiger partial charge in [-0.15, -0.1) is 0 Å². The highest BCUT2D eigenvalue weighted by Crippen LogP contribution is 2.29. The molecule has 3 rings (SSSR count). The molecule has 2 N–H and O–H groups in total. The van der Waals surface area contributed by atoms with Gasteiger partial charge in [0.1, 0.15) is 5.75 Å². The third kappa shape index (κ3) is 5.23. The SMILES string of the molecule is CCC1CCCCN1C(=O)C(C)N1CCC(C(=O)Nc2cc(Cl)ccc2O)CC1. The first-order chi connectivity index (χ1) is 13.9. The van der Waals surface area contributed by atoms with Gasteiger partial charge in [-0.05, 0) is 76.7 Å². The van der Waals surface area contributed by atoms with Crippen molar-refractivity contribution in [1.29, 1.82) is 0 Å². The highest BCUT2D eigenvalue weighted by Gasteiger charge is 2.34. The zero-order valence-electron chi connectivity index (χ0n) is 17.4. The molecule has 6 nitrogen and oxygen atoms in total. The highest BCUT2D eigenvalue weighted by molar-refractivity contribution is 6.31. The van der Waals surface area contributed by atoms with Gasteiger partial charge in [-0.1, -0.05) is 18.5 Å². The summed E-state index contributed by atoms with van der Waals surface area (Å²) in [4.78, 5) is 29.9.